The fourth-order valence-electron chi connectivity index (χ4n) is 4.24. The monoisotopic (exact) mass is 352 g/mol. The second kappa shape index (κ2) is 5.04. The topological polar surface area (TPSA) is 27.7 Å². The quantitative estimate of drug-likeness (QED) is 0.443. The van der Waals surface area contributed by atoms with E-state index in [1.54, 1.807) is 7.11 Å². The van der Waals surface area contributed by atoms with Crippen molar-refractivity contribution < 1.29 is 14.2 Å². The lowest BCUT2D eigenvalue weighted by atomic mass is 9.95. The van der Waals surface area contributed by atoms with Crippen molar-refractivity contribution in [3.63, 3.8) is 0 Å². The van der Waals surface area contributed by atoms with Gasteiger partial charge in [0, 0.05) is 22.4 Å². The predicted molar refractivity (Wildman–Crippen MR) is 106 cm³/mol. The van der Waals surface area contributed by atoms with E-state index < -0.39 is 5.79 Å². The van der Waals surface area contributed by atoms with Crippen LogP contribution >= 0.6 is 0 Å². The lowest BCUT2D eigenvalue weighted by Crippen LogP contribution is -2.36. The third kappa shape index (κ3) is 1.86. The Morgan fingerprint density at radius 1 is 0.778 bits per heavy atom. The fraction of sp³-hybridized carbons (Fsp3) is 0.0833. The van der Waals surface area contributed by atoms with Gasteiger partial charge in [0.25, 0.3) is 5.79 Å². The number of hydrogen-bond acceptors (Lipinski definition) is 3. The molecule has 1 unspecified atom stereocenters. The minimum Gasteiger partial charge on any atom is -0.496 e. The van der Waals surface area contributed by atoms with E-state index in [1.165, 1.54) is 10.8 Å². The molecule has 0 N–H and O–H groups in total. The van der Waals surface area contributed by atoms with E-state index in [0.29, 0.717) is 0 Å². The first-order valence-electron chi connectivity index (χ1n) is 8.98. The van der Waals surface area contributed by atoms with Gasteiger partial charge in [0.05, 0.1) is 12.7 Å². The van der Waals surface area contributed by atoms with Crippen LogP contribution in [0.1, 0.15) is 11.1 Å². The van der Waals surface area contributed by atoms with Crippen LogP contribution < -0.4 is 14.2 Å². The molecule has 3 nitrogen and oxygen atoms in total. The highest BCUT2D eigenvalue weighted by Crippen LogP contribution is 2.51. The molecule has 0 aliphatic carbocycles. The van der Waals surface area contributed by atoms with Crippen molar-refractivity contribution in [2.45, 2.75) is 5.79 Å². The Hall–Kier alpha value is -3.46. The normalized spacial score (nSPS) is 19.1. The Morgan fingerprint density at radius 2 is 1.63 bits per heavy atom. The average Bonchev–Trinajstić information content (AvgIpc) is 3.02. The Labute approximate surface area is 156 Å². The maximum Gasteiger partial charge on any atom is 0.299 e. The van der Waals surface area contributed by atoms with E-state index in [1.807, 2.05) is 36.4 Å². The molecule has 2 aliphatic heterocycles. The maximum atomic E-state index is 6.48. The number of fused-ring (bicyclic) bond motifs is 4. The molecule has 130 valence electrons. The first kappa shape index (κ1) is 14.7. The van der Waals surface area contributed by atoms with E-state index in [-0.39, 0.29) is 0 Å². The molecular weight excluding hydrogens is 336 g/mol. The molecule has 4 aromatic carbocycles. The summed E-state index contributed by atoms with van der Waals surface area (Å²) in [5, 5.41) is 4.45. The molecule has 0 radical (unpaired) electrons. The Balaban J connectivity index is 1.57. The van der Waals surface area contributed by atoms with Gasteiger partial charge in [0.2, 0.25) is 0 Å². The van der Waals surface area contributed by atoms with Gasteiger partial charge in [-0.05, 0) is 41.1 Å². The molecule has 0 saturated heterocycles. The fourth-order valence-corrected chi connectivity index (χ4v) is 4.24. The van der Waals surface area contributed by atoms with Crippen LogP contribution in [0.3, 0.4) is 0 Å². The summed E-state index contributed by atoms with van der Waals surface area (Å²) in [5.74, 6) is 1.54. The summed E-state index contributed by atoms with van der Waals surface area (Å²) in [6.07, 6.45) is 4.13. The number of benzene rings is 4. The zero-order valence-electron chi connectivity index (χ0n) is 14.7. The Bertz CT molecular complexity index is 1270. The molecule has 6 rings (SSSR count). The molecule has 27 heavy (non-hydrogen) atoms. The molecule has 0 fully saturated rings. The lowest BCUT2D eigenvalue weighted by Gasteiger charge is -2.32. The van der Waals surface area contributed by atoms with Gasteiger partial charge in [0.15, 0.2) is 0 Å². The molecule has 0 saturated carbocycles. The van der Waals surface area contributed by atoms with Crippen molar-refractivity contribution in [1.29, 1.82) is 0 Å². The van der Waals surface area contributed by atoms with Crippen LogP contribution in [0.5, 0.6) is 17.2 Å². The summed E-state index contributed by atoms with van der Waals surface area (Å²) in [7, 11) is 1.69. The SMILES string of the molecule is COc1ccc2c3c(cccc13)OC21C=Cc2c(ccc3ccccc23)O1. The molecule has 0 aromatic heterocycles. The highest BCUT2D eigenvalue weighted by atomic mass is 16.7. The van der Waals surface area contributed by atoms with Crippen LogP contribution in [-0.2, 0) is 5.79 Å². The summed E-state index contributed by atoms with van der Waals surface area (Å²) in [6, 6.07) is 22.5. The first-order valence-corrected chi connectivity index (χ1v) is 8.98. The van der Waals surface area contributed by atoms with Gasteiger partial charge in [-0.25, -0.2) is 0 Å². The van der Waals surface area contributed by atoms with Gasteiger partial charge >= 0.3 is 0 Å². The number of ether oxygens (including phenoxy) is 3. The van der Waals surface area contributed by atoms with E-state index in [9.17, 15) is 0 Å². The standard InChI is InChI=1S/C24H16O3/c1-25-20-12-10-19-23-18(20)7-4-8-22(23)27-24(19)14-13-17-16-6-3-2-5-15(16)9-11-21(17)26-24/h2-14H,1H3. The molecule has 2 aliphatic rings. The van der Waals surface area contributed by atoms with Crippen LogP contribution in [0, 0.1) is 0 Å². The third-order valence-electron chi connectivity index (χ3n) is 5.48. The van der Waals surface area contributed by atoms with Gasteiger partial charge in [-0.15, -0.1) is 0 Å². The molecule has 2 heterocycles. The van der Waals surface area contributed by atoms with Crippen molar-refractivity contribution in [2.75, 3.05) is 7.11 Å². The predicted octanol–water partition coefficient (Wildman–Crippen LogP) is 5.65. The summed E-state index contributed by atoms with van der Waals surface area (Å²) < 4.78 is 18.4. The summed E-state index contributed by atoms with van der Waals surface area (Å²) in [6.45, 7) is 0. The van der Waals surface area contributed by atoms with Crippen LogP contribution in [0.25, 0.3) is 27.6 Å². The second-order valence-electron chi connectivity index (χ2n) is 6.90. The van der Waals surface area contributed by atoms with E-state index in [2.05, 4.69) is 42.5 Å². The molecule has 0 bridgehead atoms. The van der Waals surface area contributed by atoms with Crippen molar-refractivity contribution in [2.24, 2.45) is 0 Å². The summed E-state index contributed by atoms with van der Waals surface area (Å²) in [4.78, 5) is 0. The number of rotatable bonds is 1. The van der Waals surface area contributed by atoms with E-state index >= 15 is 0 Å². The number of hydrogen-bond donors (Lipinski definition) is 0. The largest absolute Gasteiger partial charge is 0.496 e. The first-order chi connectivity index (χ1) is 13.3. The lowest BCUT2D eigenvalue weighted by molar-refractivity contribution is -0.0683. The maximum absolute atomic E-state index is 6.48. The minimum absolute atomic E-state index is 0.815. The Kier molecular flexibility index (Phi) is 2.74. The Morgan fingerprint density at radius 3 is 2.56 bits per heavy atom. The van der Waals surface area contributed by atoms with Crippen LogP contribution in [0.15, 0.2) is 72.8 Å². The summed E-state index contributed by atoms with van der Waals surface area (Å²) >= 11 is 0. The van der Waals surface area contributed by atoms with Gasteiger partial charge in [-0.3, -0.25) is 0 Å². The highest BCUT2D eigenvalue weighted by Gasteiger charge is 2.44. The molecule has 4 aromatic rings. The van der Waals surface area contributed by atoms with Gasteiger partial charge in [0.1, 0.15) is 17.2 Å². The molecular formula is C24H16O3. The van der Waals surface area contributed by atoms with E-state index in [0.717, 1.165) is 39.1 Å². The zero-order chi connectivity index (χ0) is 18.0. The van der Waals surface area contributed by atoms with Gasteiger partial charge in [-0.1, -0.05) is 42.5 Å². The van der Waals surface area contributed by atoms with Crippen molar-refractivity contribution in [3.05, 3.63) is 83.9 Å². The number of methoxy groups -OCH3 is 1. The van der Waals surface area contributed by atoms with Crippen LogP contribution in [-0.4, -0.2) is 7.11 Å². The van der Waals surface area contributed by atoms with Crippen molar-refractivity contribution >= 4 is 27.6 Å². The van der Waals surface area contributed by atoms with Crippen molar-refractivity contribution in [3.8, 4) is 17.2 Å². The average molecular weight is 352 g/mol. The molecule has 1 spiro atoms. The van der Waals surface area contributed by atoms with Gasteiger partial charge in [-0.2, -0.15) is 0 Å². The molecule has 3 heteroatoms. The van der Waals surface area contributed by atoms with E-state index in [4.69, 9.17) is 14.2 Å². The molecule has 1 atom stereocenters. The second-order valence-corrected chi connectivity index (χ2v) is 6.90. The van der Waals surface area contributed by atoms with Crippen LogP contribution in [0.4, 0.5) is 0 Å². The minimum atomic E-state index is -0.941. The van der Waals surface area contributed by atoms with Crippen LogP contribution in [0.2, 0.25) is 0 Å². The zero-order valence-corrected chi connectivity index (χ0v) is 14.7. The summed E-state index contributed by atoms with van der Waals surface area (Å²) in [5.41, 5.74) is 2.09. The third-order valence-corrected chi connectivity index (χ3v) is 5.48. The highest BCUT2D eigenvalue weighted by molar-refractivity contribution is 5.99. The molecule has 0 amide bonds. The smallest absolute Gasteiger partial charge is 0.299 e. The van der Waals surface area contributed by atoms with Gasteiger partial charge < -0.3 is 14.2 Å². The van der Waals surface area contributed by atoms with Crippen molar-refractivity contribution in [1.82, 2.24) is 0 Å².